The summed E-state index contributed by atoms with van der Waals surface area (Å²) in [5.74, 6) is -3.73. The minimum absolute atomic E-state index is 0.247. The second kappa shape index (κ2) is 9.30. The molecule has 1 heterocycles. The molecule has 0 aromatic heterocycles. The lowest BCUT2D eigenvalue weighted by molar-refractivity contribution is -0.160. The van der Waals surface area contributed by atoms with Gasteiger partial charge < -0.3 is 4.74 Å². The molecule has 1 saturated heterocycles. The van der Waals surface area contributed by atoms with Gasteiger partial charge in [-0.2, -0.15) is 0 Å². The Kier molecular flexibility index (Phi) is 6.01. The van der Waals surface area contributed by atoms with E-state index in [9.17, 15) is 19.2 Å². The molecule has 3 aromatic rings. The number of ether oxygens (including phenoxy) is 1. The lowest BCUT2D eigenvalue weighted by Crippen LogP contribution is -2.49. The van der Waals surface area contributed by atoms with Crippen molar-refractivity contribution in [3.63, 3.8) is 0 Å². The van der Waals surface area contributed by atoms with Crippen molar-refractivity contribution in [3.05, 3.63) is 106 Å². The Bertz CT molecular complexity index is 1420. The van der Waals surface area contributed by atoms with Gasteiger partial charge in [-0.15, -0.1) is 0 Å². The van der Waals surface area contributed by atoms with Crippen LogP contribution >= 0.6 is 0 Å². The van der Waals surface area contributed by atoms with Gasteiger partial charge in [0.25, 0.3) is 0 Å². The fourth-order valence-electron chi connectivity index (χ4n) is 6.99. The number of imide groups is 1. The number of carbonyl (C=O) groups excluding carboxylic acids is 4. The summed E-state index contributed by atoms with van der Waals surface area (Å²) < 4.78 is 5.50. The van der Waals surface area contributed by atoms with E-state index in [1.165, 1.54) is 0 Å². The van der Waals surface area contributed by atoms with Gasteiger partial charge in [-0.25, -0.2) is 4.79 Å². The minimum atomic E-state index is -1.10. The standard InChI is InChI=1S/C33H31NO5/c1-17(2)30(33(38)39-16-25(35)24-15-18(3)13-14-19(24)4)34-31(36)28-26-20-9-5-6-10-21(20)27(29(28)32(34)37)23-12-8-7-11-22(23)26/h5-15,17,26-30H,16H2,1-4H3/t26?,27?,28-,29+,30-/m1/s1. The summed E-state index contributed by atoms with van der Waals surface area (Å²) >= 11 is 0. The van der Waals surface area contributed by atoms with Crippen LogP contribution in [0.4, 0.5) is 0 Å². The summed E-state index contributed by atoms with van der Waals surface area (Å²) in [5, 5.41) is 0. The van der Waals surface area contributed by atoms with E-state index >= 15 is 0 Å². The number of ketones is 1. The summed E-state index contributed by atoms with van der Waals surface area (Å²) in [5.41, 5.74) is 6.53. The summed E-state index contributed by atoms with van der Waals surface area (Å²) in [6, 6.07) is 20.5. The number of carbonyl (C=O) groups is 4. The third kappa shape index (κ3) is 3.76. The normalized spacial score (nSPS) is 23.4. The Hall–Kier alpha value is -4.06. The van der Waals surface area contributed by atoms with E-state index in [0.717, 1.165) is 38.3 Å². The molecule has 6 nitrogen and oxygen atoms in total. The molecule has 0 N–H and O–H groups in total. The number of amides is 2. The largest absolute Gasteiger partial charge is 0.456 e. The number of likely N-dealkylation sites (tertiary alicyclic amines) is 1. The van der Waals surface area contributed by atoms with Gasteiger partial charge in [0.1, 0.15) is 6.04 Å². The number of hydrogen-bond acceptors (Lipinski definition) is 5. The molecule has 0 radical (unpaired) electrons. The van der Waals surface area contributed by atoms with E-state index in [1.807, 2.05) is 74.5 Å². The number of aryl methyl sites for hydroxylation is 2. The average molecular weight is 522 g/mol. The highest BCUT2D eigenvalue weighted by molar-refractivity contribution is 6.10. The molecule has 4 aliphatic rings. The molecule has 39 heavy (non-hydrogen) atoms. The number of rotatable bonds is 6. The Labute approximate surface area is 228 Å². The second-order valence-electron chi connectivity index (χ2n) is 11.3. The van der Waals surface area contributed by atoms with Crippen molar-refractivity contribution in [3.8, 4) is 0 Å². The number of hydrogen-bond donors (Lipinski definition) is 0. The first kappa shape index (κ1) is 25.2. The van der Waals surface area contributed by atoms with Crippen LogP contribution in [0, 0.1) is 31.6 Å². The van der Waals surface area contributed by atoms with E-state index in [4.69, 9.17) is 4.74 Å². The molecule has 1 aliphatic heterocycles. The van der Waals surface area contributed by atoms with Crippen molar-refractivity contribution >= 4 is 23.6 Å². The van der Waals surface area contributed by atoms with Gasteiger partial charge in [0, 0.05) is 17.4 Å². The molecule has 2 amide bonds. The van der Waals surface area contributed by atoms with Gasteiger partial charge >= 0.3 is 5.97 Å². The molecule has 0 saturated carbocycles. The first-order chi connectivity index (χ1) is 18.7. The predicted octanol–water partition coefficient (Wildman–Crippen LogP) is 4.95. The van der Waals surface area contributed by atoms with Gasteiger partial charge in [-0.05, 0) is 53.6 Å². The minimum Gasteiger partial charge on any atom is -0.456 e. The summed E-state index contributed by atoms with van der Waals surface area (Å²) in [4.78, 5) is 55.7. The van der Waals surface area contributed by atoms with E-state index < -0.39 is 30.5 Å². The highest BCUT2D eigenvalue weighted by Crippen LogP contribution is 2.61. The van der Waals surface area contributed by atoms with Gasteiger partial charge in [0.05, 0.1) is 11.8 Å². The van der Waals surface area contributed by atoms with Crippen molar-refractivity contribution in [2.24, 2.45) is 17.8 Å². The van der Waals surface area contributed by atoms with Crippen LogP contribution in [-0.2, 0) is 19.1 Å². The van der Waals surface area contributed by atoms with E-state index in [0.29, 0.717) is 5.56 Å². The summed E-state index contributed by atoms with van der Waals surface area (Å²) in [7, 11) is 0. The van der Waals surface area contributed by atoms with Crippen LogP contribution in [0.2, 0.25) is 0 Å². The van der Waals surface area contributed by atoms with Crippen LogP contribution in [0.5, 0.6) is 0 Å². The van der Waals surface area contributed by atoms with Crippen molar-refractivity contribution in [2.45, 2.75) is 45.6 Å². The predicted molar refractivity (Wildman–Crippen MR) is 145 cm³/mol. The van der Waals surface area contributed by atoms with Gasteiger partial charge in [-0.3, -0.25) is 19.3 Å². The van der Waals surface area contributed by atoms with Crippen LogP contribution in [0.15, 0.2) is 66.7 Å². The monoisotopic (exact) mass is 521 g/mol. The molecule has 3 aliphatic carbocycles. The van der Waals surface area contributed by atoms with E-state index in [1.54, 1.807) is 19.9 Å². The molecular formula is C33H31NO5. The van der Waals surface area contributed by atoms with Crippen LogP contribution < -0.4 is 0 Å². The molecule has 3 atom stereocenters. The second-order valence-corrected chi connectivity index (χ2v) is 11.3. The smallest absolute Gasteiger partial charge is 0.330 e. The fraction of sp³-hybridized carbons (Fsp3) is 0.333. The average Bonchev–Trinajstić information content (AvgIpc) is 3.19. The molecule has 3 aromatic carbocycles. The number of benzene rings is 3. The van der Waals surface area contributed by atoms with Crippen LogP contribution in [0.25, 0.3) is 0 Å². The van der Waals surface area contributed by atoms with Crippen LogP contribution in [0.3, 0.4) is 0 Å². The zero-order chi connectivity index (χ0) is 27.6. The quantitative estimate of drug-likeness (QED) is 0.261. The molecule has 0 spiro atoms. The fourth-order valence-corrected chi connectivity index (χ4v) is 6.99. The van der Waals surface area contributed by atoms with Crippen LogP contribution in [-0.4, -0.2) is 41.1 Å². The third-order valence-corrected chi connectivity index (χ3v) is 8.67. The maximum Gasteiger partial charge on any atom is 0.330 e. The molecule has 7 rings (SSSR count). The maximum atomic E-state index is 14.1. The zero-order valence-electron chi connectivity index (χ0n) is 22.5. The highest BCUT2D eigenvalue weighted by atomic mass is 16.5. The van der Waals surface area contributed by atoms with Crippen molar-refractivity contribution in [2.75, 3.05) is 6.61 Å². The molecule has 6 heteroatoms. The van der Waals surface area contributed by atoms with E-state index in [-0.39, 0.29) is 35.4 Å². The molecule has 0 unspecified atom stereocenters. The Morgan fingerprint density at radius 2 is 1.28 bits per heavy atom. The SMILES string of the molecule is Cc1ccc(C)c(C(=O)COC(=O)[C@@H](C(C)C)N2C(=O)[C@@H]3C4c5ccccc5C(c5ccccc54)[C@@H]3C2=O)c1. The third-order valence-electron chi connectivity index (χ3n) is 8.67. The summed E-state index contributed by atoms with van der Waals surface area (Å²) in [6.45, 7) is 6.86. The Balaban J connectivity index is 1.31. The number of Topliss-reactive ketones (excluding diaryl/α,β-unsaturated/α-hetero) is 1. The van der Waals surface area contributed by atoms with Crippen molar-refractivity contribution < 1.29 is 23.9 Å². The number of nitrogens with zero attached hydrogens (tertiary/aromatic N) is 1. The molecular weight excluding hydrogens is 490 g/mol. The molecule has 2 bridgehead atoms. The molecule has 1 fully saturated rings. The first-order valence-electron chi connectivity index (χ1n) is 13.5. The zero-order valence-corrected chi connectivity index (χ0v) is 22.5. The Morgan fingerprint density at radius 3 is 1.74 bits per heavy atom. The topological polar surface area (TPSA) is 80.8 Å². The van der Waals surface area contributed by atoms with Gasteiger partial charge in [0.15, 0.2) is 6.61 Å². The molecule has 198 valence electrons. The van der Waals surface area contributed by atoms with Crippen molar-refractivity contribution in [1.29, 1.82) is 0 Å². The van der Waals surface area contributed by atoms with Crippen molar-refractivity contribution in [1.82, 2.24) is 4.90 Å². The van der Waals surface area contributed by atoms with E-state index in [2.05, 4.69) is 0 Å². The maximum absolute atomic E-state index is 14.1. The lowest BCUT2D eigenvalue weighted by Gasteiger charge is -2.45. The highest BCUT2D eigenvalue weighted by Gasteiger charge is 2.63. The van der Waals surface area contributed by atoms with Gasteiger partial charge in [-0.1, -0.05) is 80.1 Å². The lowest BCUT2D eigenvalue weighted by atomic mass is 9.55. The van der Waals surface area contributed by atoms with Crippen LogP contribution in [0.1, 0.15) is 69.4 Å². The first-order valence-corrected chi connectivity index (χ1v) is 13.5. The summed E-state index contributed by atoms with van der Waals surface area (Å²) in [6.07, 6.45) is 0. The Morgan fingerprint density at radius 1 is 0.795 bits per heavy atom. The van der Waals surface area contributed by atoms with Gasteiger partial charge in [0.2, 0.25) is 17.6 Å². The number of esters is 1.